The fourth-order valence-electron chi connectivity index (χ4n) is 5.37. The number of carbonyl (C=O) groups is 2. The number of carboxylic acid groups (broad SMARTS) is 1. The van der Waals surface area contributed by atoms with Crippen molar-refractivity contribution in [1.82, 2.24) is 25.2 Å². The molecule has 3 N–H and O–H groups in total. The minimum Gasteiger partial charge on any atom is -0.475 e. The normalized spacial score (nSPS) is 13.9. The predicted octanol–water partition coefficient (Wildman–Crippen LogP) is 5.81. The topological polar surface area (TPSA) is 128 Å². The fraction of sp³-hybridized carbons (Fsp3) is 0.229. The highest BCUT2D eigenvalue weighted by Gasteiger charge is 2.38. The molecule has 0 saturated carbocycles. The van der Waals surface area contributed by atoms with Crippen LogP contribution in [0.25, 0.3) is 33.3 Å². The molecule has 0 aliphatic carbocycles. The number of rotatable bonds is 7. The third-order valence-corrected chi connectivity index (χ3v) is 7.84. The summed E-state index contributed by atoms with van der Waals surface area (Å²) in [4.78, 5) is 48.4. The standard InChI is InChI=1S/C33H31N5O2.C2HF3O2/c39-32(36-21-27-8-4-5-16-34-27)26-14-18-38(19-15-26)22-23-9-11-25(12-10-23)31-28(24-6-2-1-3-7-24)20-29-30(37-31)13-17-35-33(29)40;3-2(4,5)1(6)7/h1-13,16-17,20,26H,14-15,18-19,21-22H2,(H,35,40)(H,36,39);(H,6,7). The van der Waals surface area contributed by atoms with E-state index in [0.29, 0.717) is 17.4 Å². The van der Waals surface area contributed by atoms with Crippen molar-refractivity contribution >= 4 is 22.8 Å². The number of alkyl halides is 3. The van der Waals surface area contributed by atoms with E-state index < -0.39 is 12.1 Å². The zero-order valence-electron chi connectivity index (χ0n) is 25.2. The van der Waals surface area contributed by atoms with E-state index in [4.69, 9.17) is 14.9 Å². The zero-order chi connectivity index (χ0) is 33.4. The van der Waals surface area contributed by atoms with Gasteiger partial charge in [0, 0.05) is 36.0 Å². The summed E-state index contributed by atoms with van der Waals surface area (Å²) in [5.74, 6) is -2.59. The van der Waals surface area contributed by atoms with Crippen molar-refractivity contribution in [3.63, 3.8) is 0 Å². The van der Waals surface area contributed by atoms with Gasteiger partial charge in [0.25, 0.3) is 5.56 Å². The Kier molecular flexibility index (Phi) is 10.4. The van der Waals surface area contributed by atoms with Gasteiger partial charge in [0.1, 0.15) is 0 Å². The Hall–Kier alpha value is -5.36. The number of carbonyl (C=O) groups excluding carboxylic acids is 1. The highest BCUT2D eigenvalue weighted by Crippen LogP contribution is 2.33. The largest absolute Gasteiger partial charge is 0.490 e. The number of likely N-dealkylation sites (tertiary alicyclic amines) is 1. The first-order chi connectivity index (χ1) is 22.6. The van der Waals surface area contributed by atoms with E-state index in [1.807, 2.05) is 60.7 Å². The van der Waals surface area contributed by atoms with Gasteiger partial charge in [0.2, 0.25) is 5.91 Å². The number of pyridine rings is 3. The molecule has 1 aliphatic heterocycles. The monoisotopic (exact) mass is 643 g/mol. The van der Waals surface area contributed by atoms with Crippen LogP contribution in [0.3, 0.4) is 0 Å². The maximum absolute atomic E-state index is 12.7. The van der Waals surface area contributed by atoms with Crippen LogP contribution in [0.15, 0.2) is 102 Å². The maximum atomic E-state index is 12.7. The third-order valence-electron chi connectivity index (χ3n) is 7.84. The van der Waals surface area contributed by atoms with Gasteiger partial charge in [-0.15, -0.1) is 0 Å². The molecule has 3 aromatic heterocycles. The van der Waals surface area contributed by atoms with Gasteiger partial charge < -0.3 is 15.4 Å². The van der Waals surface area contributed by atoms with E-state index in [0.717, 1.165) is 60.6 Å². The van der Waals surface area contributed by atoms with Crippen LogP contribution in [-0.2, 0) is 22.7 Å². The number of fused-ring (bicyclic) bond motifs is 1. The van der Waals surface area contributed by atoms with Crippen molar-refractivity contribution in [3.05, 3.63) is 119 Å². The van der Waals surface area contributed by atoms with Gasteiger partial charge in [0.15, 0.2) is 0 Å². The molecule has 1 fully saturated rings. The van der Waals surface area contributed by atoms with E-state index in [-0.39, 0.29) is 17.4 Å². The lowest BCUT2D eigenvalue weighted by Gasteiger charge is -2.31. The smallest absolute Gasteiger partial charge is 0.475 e. The van der Waals surface area contributed by atoms with Gasteiger partial charge in [-0.3, -0.25) is 19.5 Å². The second-order valence-corrected chi connectivity index (χ2v) is 11.1. The van der Waals surface area contributed by atoms with Crippen LogP contribution < -0.4 is 10.9 Å². The van der Waals surface area contributed by atoms with Gasteiger partial charge in [0.05, 0.1) is 28.8 Å². The second kappa shape index (κ2) is 14.8. The summed E-state index contributed by atoms with van der Waals surface area (Å²) in [5.41, 5.74) is 6.45. The summed E-state index contributed by atoms with van der Waals surface area (Å²) in [7, 11) is 0. The number of piperidine rings is 1. The Balaban J connectivity index is 0.000000559. The van der Waals surface area contributed by atoms with Gasteiger partial charge in [-0.2, -0.15) is 13.2 Å². The average molecular weight is 644 g/mol. The Morgan fingerprint density at radius 3 is 2.26 bits per heavy atom. The van der Waals surface area contributed by atoms with Gasteiger partial charge in [-0.1, -0.05) is 60.7 Å². The van der Waals surface area contributed by atoms with Crippen LogP contribution in [0, 0.1) is 5.92 Å². The SMILES string of the molecule is O=C(NCc1ccccn1)C1CCN(Cc2ccc(-c3nc4cc[nH]c(=O)c4cc3-c3ccccc3)cc2)CC1.O=C(O)C(F)(F)F. The minimum atomic E-state index is -5.08. The average Bonchev–Trinajstić information content (AvgIpc) is 3.08. The summed E-state index contributed by atoms with van der Waals surface area (Å²) >= 11 is 0. The quantitative estimate of drug-likeness (QED) is 0.204. The second-order valence-electron chi connectivity index (χ2n) is 11.1. The highest BCUT2D eigenvalue weighted by molar-refractivity contribution is 5.91. The van der Waals surface area contributed by atoms with E-state index >= 15 is 0 Å². The summed E-state index contributed by atoms with van der Waals surface area (Å²) in [6, 6.07) is 28.1. The number of amides is 1. The molecule has 1 saturated heterocycles. The number of H-pyrrole nitrogens is 1. The first-order valence-corrected chi connectivity index (χ1v) is 15.0. The maximum Gasteiger partial charge on any atom is 0.490 e. The summed E-state index contributed by atoms with van der Waals surface area (Å²) in [6.07, 6.45) is 0.00870. The molecular weight excluding hydrogens is 611 g/mol. The number of hydrogen-bond donors (Lipinski definition) is 3. The fourth-order valence-corrected chi connectivity index (χ4v) is 5.37. The molecule has 12 heteroatoms. The van der Waals surface area contributed by atoms with Crippen LogP contribution in [-0.4, -0.2) is 56.1 Å². The highest BCUT2D eigenvalue weighted by atomic mass is 19.4. The van der Waals surface area contributed by atoms with Crippen LogP contribution in [0.1, 0.15) is 24.1 Å². The molecule has 5 aromatic rings. The number of aromatic amines is 1. The molecule has 242 valence electrons. The first-order valence-electron chi connectivity index (χ1n) is 15.0. The number of benzene rings is 2. The Bertz CT molecular complexity index is 1870. The Morgan fingerprint density at radius 2 is 1.62 bits per heavy atom. The number of nitrogens with one attached hydrogen (secondary N) is 2. The molecular formula is C35H32F3N5O4. The number of nitrogens with zero attached hydrogens (tertiary/aromatic N) is 3. The van der Waals surface area contributed by atoms with Crippen molar-refractivity contribution in [2.45, 2.75) is 32.1 Å². The van der Waals surface area contributed by atoms with Crippen molar-refractivity contribution in [2.75, 3.05) is 13.1 Å². The number of hydrogen-bond acceptors (Lipinski definition) is 6. The van der Waals surface area contributed by atoms with E-state index in [2.05, 4.69) is 44.5 Å². The van der Waals surface area contributed by atoms with Crippen molar-refractivity contribution in [1.29, 1.82) is 0 Å². The minimum absolute atomic E-state index is 0.0463. The van der Waals surface area contributed by atoms with E-state index in [1.54, 1.807) is 12.4 Å². The molecule has 0 radical (unpaired) electrons. The molecule has 0 atom stereocenters. The van der Waals surface area contributed by atoms with Gasteiger partial charge in [-0.25, -0.2) is 9.78 Å². The predicted molar refractivity (Wildman–Crippen MR) is 171 cm³/mol. The van der Waals surface area contributed by atoms with Crippen LogP contribution in [0.5, 0.6) is 0 Å². The van der Waals surface area contributed by atoms with E-state index in [9.17, 15) is 22.8 Å². The molecule has 9 nitrogen and oxygen atoms in total. The molecule has 0 unspecified atom stereocenters. The Labute approximate surface area is 268 Å². The van der Waals surface area contributed by atoms with Crippen molar-refractivity contribution in [2.24, 2.45) is 5.92 Å². The van der Waals surface area contributed by atoms with Crippen LogP contribution in [0.4, 0.5) is 13.2 Å². The number of halogens is 3. The Morgan fingerprint density at radius 1 is 0.936 bits per heavy atom. The molecule has 6 rings (SSSR count). The van der Waals surface area contributed by atoms with Crippen molar-refractivity contribution < 1.29 is 27.9 Å². The lowest BCUT2D eigenvalue weighted by molar-refractivity contribution is -0.192. The molecule has 0 bridgehead atoms. The van der Waals surface area contributed by atoms with Crippen LogP contribution in [0.2, 0.25) is 0 Å². The lowest BCUT2D eigenvalue weighted by Crippen LogP contribution is -2.40. The number of carboxylic acids is 1. The van der Waals surface area contributed by atoms with E-state index in [1.165, 1.54) is 5.56 Å². The summed E-state index contributed by atoms with van der Waals surface area (Å²) < 4.78 is 31.7. The molecule has 1 amide bonds. The molecule has 1 aliphatic rings. The number of aliphatic carboxylic acids is 1. The lowest BCUT2D eigenvalue weighted by atomic mass is 9.95. The van der Waals surface area contributed by atoms with Crippen molar-refractivity contribution in [3.8, 4) is 22.4 Å². The first kappa shape index (κ1) is 33.0. The molecule has 4 heterocycles. The zero-order valence-corrected chi connectivity index (χ0v) is 25.2. The molecule has 0 spiro atoms. The summed E-state index contributed by atoms with van der Waals surface area (Å²) in [6.45, 7) is 3.10. The van der Waals surface area contributed by atoms with Crippen LogP contribution >= 0.6 is 0 Å². The van der Waals surface area contributed by atoms with Gasteiger partial charge in [-0.05, 0) is 61.3 Å². The summed E-state index contributed by atoms with van der Waals surface area (Å²) in [5, 5.41) is 10.7. The third kappa shape index (κ3) is 8.67. The molecule has 2 aromatic carbocycles. The number of aromatic nitrogens is 3. The van der Waals surface area contributed by atoms with Gasteiger partial charge >= 0.3 is 12.1 Å². The molecule has 47 heavy (non-hydrogen) atoms.